The molecule has 0 radical (unpaired) electrons. The highest BCUT2D eigenvalue weighted by Gasteiger charge is 2.17. The van der Waals surface area contributed by atoms with Gasteiger partial charge in [0.1, 0.15) is 0 Å². The quantitative estimate of drug-likeness (QED) is 0.384. The highest BCUT2D eigenvalue weighted by molar-refractivity contribution is 5.06. The molecule has 1 atom stereocenters. The van der Waals surface area contributed by atoms with E-state index in [9.17, 15) is 0 Å². The van der Waals surface area contributed by atoms with Gasteiger partial charge >= 0.3 is 0 Å². The van der Waals surface area contributed by atoms with Crippen molar-refractivity contribution in [3.8, 4) is 0 Å². The van der Waals surface area contributed by atoms with Crippen molar-refractivity contribution in [3.05, 3.63) is 54.7 Å². The molecule has 0 heterocycles. The van der Waals surface area contributed by atoms with Gasteiger partial charge in [0.15, 0.2) is 0 Å². The molecular weight excluding hydrogens is 266 g/mol. The topological polar surface area (TPSA) is 16.6 Å². The first kappa shape index (κ1) is 20.9. The second-order valence-electron chi connectivity index (χ2n) is 6.91. The standard InChI is InChI=1S/C21H37N/c1-8-21(6,22-7)17-11-16-20(5)15-10-14-19(4)13-9-12-18(2)3/h8,12,14,16H,1,7,9-11,13,15,17,22H2,2-6H3/b19-14+,20-16+/t21-/m1/s1. The van der Waals surface area contributed by atoms with Gasteiger partial charge in [-0.3, -0.25) is 0 Å². The summed E-state index contributed by atoms with van der Waals surface area (Å²) in [5.74, 6) is 0. The number of rotatable bonds is 11. The van der Waals surface area contributed by atoms with Crippen LogP contribution in [0.3, 0.4) is 0 Å². The molecule has 1 heteroatoms. The van der Waals surface area contributed by atoms with E-state index in [0.29, 0.717) is 0 Å². The highest BCUT2D eigenvalue weighted by atomic mass is 14.9. The molecule has 0 amide bonds. The van der Waals surface area contributed by atoms with Crippen LogP contribution in [0, 0.1) is 7.05 Å². The Morgan fingerprint density at radius 2 is 1.45 bits per heavy atom. The fourth-order valence-corrected chi connectivity index (χ4v) is 2.26. The molecule has 0 rings (SSSR count). The van der Waals surface area contributed by atoms with Gasteiger partial charge in [-0.05, 0) is 72.8 Å². The molecule has 0 bridgehead atoms. The molecule has 0 aromatic heterocycles. The van der Waals surface area contributed by atoms with Crippen LogP contribution in [0.15, 0.2) is 47.6 Å². The third-order valence-electron chi connectivity index (χ3n) is 4.23. The Bertz CT molecular complexity index is 408. The molecule has 0 saturated carbocycles. The van der Waals surface area contributed by atoms with E-state index in [1.54, 1.807) is 0 Å². The Labute approximate surface area is 139 Å². The second-order valence-corrected chi connectivity index (χ2v) is 6.91. The smallest absolute Gasteiger partial charge is 0.0880 e. The summed E-state index contributed by atoms with van der Waals surface area (Å²) in [6.45, 7) is 14.9. The largest absolute Gasteiger partial charge is 0.471 e. The molecule has 2 N–H and O–H groups in total. The Balaban J connectivity index is 4.06. The average molecular weight is 304 g/mol. The maximum absolute atomic E-state index is 3.90. The summed E-state index contributed by atoms with van der Waals surface area (Å²) in [5, 5.41) is 2.00. The van der Waals surface area contributed by atoms with Crippen LogP contribution >= 0.6 is 0 Å². The Morgan fingerprint density at radius 3 is 1.91 bits per heavy atom. The Kier molecular flexibility index (Phi) is 10.9. The summed E-state index contributed by atoms with van der Waals surface area (Å²) >= 11 is 0. The minimum atomic E-state index is 0.0677. The van der Waals surface area contributed by atoms with Crippen LogP contribution in [-0.2, 0) is 0 Å². The van der Waals surface area contributed by atoms with Gasteiger partial charge in [-0.2, -0.15) is 7.05 Å². The van der Waals surface area contributed by atoms with Crippen molar-refractivity contribution < 1.29 is 5.32 Å². The molecule has 0 fully saturated rings. The first-order valence-electron chi connectivity index (χ1n) is 8.55. The molecule has 0 spiro atoms. The Morgan fingerprint density at radius 1 is 0.955 bits per heavy atom. The zero-order valence-electron chi connectivity index (χ0n) is 15.5. The van der Waals surface area contributed by atoms with E-state index >= 15 is 0 Å². The van der Waals surface area contributed by atoms with Crippen LogP contribution in [-0.4, -0.2) is 5.54 Å². The lowest BCUT2D eigenvalue weighted by Crippen LogP contribution is -2.89. The van der Waals surface area contributed by atoms with Crippen LogP contribution in [0.2, 0.25) is 0 Å². The molecule has 22 heavy (non-hydrogen) atoms. The van der Waals surface area contributed by atoms with Crippen LogP contribution in [0.1, 0.15) is 73.1 Å². The van der Waals surface area contributed by atoms with Gasteiger partial charge in [0, 0.05) is 6.42 Å². The van der Waals surface area contributed by atoms with Crippen LogP contribution in [0.5, 0.6) is 0 Å². The van der Waals surface area contributed by atoms with E-state index in [2.05, 4.69) is 66.5 Å². The SMILES string of the molecule is C=C[C@](C)(CC/C=C(\C)CC/C=C(\C)CCC=C(C)C)[NH2+][CH2-]. The van der Waals surface area contributed by atoms with Crippen molar-refractivity contribution in [3.63, 3.8) is 0 Å². The lowest BCUT2D eigenvalue weighted by Gasteiger charge is -2.24. The minimum absolute atomic E-state index is 0.0677. The highest BCUT2D eigenvalue weighted by Crippen LogP contribution is 2.14. The van der Waals surface area contributed by atoms with Crippen molar-refractivity contribution in [2.75, 3.05) is 0 Å². The zero-order valence-corrected chi connectivity index (χ0v) is 15.5. The van der Waals surface area contributed by atoms with Crippen molar-refractivity contribution >= 4 is 0 Å². The number of quaternary nitrogens is 1. The van der Waals surface area contributed by atoms with Crippen LogP contribution in [0.4, 0.5) is 0 Å². The predicted molar refractivity (Wildman–Crippen MR) is 101 cm³/mol. The fourth-order valence-electron chi connectivity index (χ4n) is 2.26. The normalized spacial score (nSPS) is 15.4. The number of nitrogens with two attached hydrogens (primary N) is 1. The molecule has 0 aromatic rings. The minimum Gasteiger partial charge on any atom is -0.471 e. The number of hydrogen-bond acceptors (Lipinski definition) is 0. The van der Waals surface area contributed by atoms with Crippen molar-refractivity contribution in [1.29, 1.82) is 0 Å². The summed E-state index contributed by atoms with van der Waals surface area (Å²) in [5.41, 5.74) is 4.48. The van der Waals surface area contributed by atoms with Gasteiger partial charge in [0.2, 0.25) is 0 Å². The molecular formula is C21H37N. The van der Waals surface area contributed by atoms with Gasteiger partial charge in [0.05, 0.1) is 5.54 Å². The summed E-state index contributed by atoms with van der Waals surface area (Å²) in [6.07, 6.45) is 16.0. The Hall–Kier alpha value is -1.08. The second kappa shape index (κ2) is 11.5. The number of allylic oxidation sites excluding steroid dienone is 6. The third kappa shape index (κ3) is 10.6. The molecule has 126 valence electrons. The summed E-state index contributed by atoms with van der Waals surface area (Å²) in [6, 6.07) is 0. The summed E-state index contributed by atoms with van der Waals surface area (Å²) < 4.78 is 0. The van der Waals surface area contributed by atoms with E-state index < -0.39 is 0 Å². The maximum atomic E-state index is 3.90. The van der Waals surface area contributed by atoms with Gasteiger partial charge in [-0.25, -0.2) is 0 Å². The first-order valence-corrected chi connectivity index (χ1v) is 8.55. The van der Waals surface area contributed by atoms with Gasteiger partial charge < -0.3 is 5.32 Å². The predicted octanol–water partition coefficient (Wildman–Crippen LogP) is 5.49. The first-order chi connectivity index (χ1) is 10.3. The van der Waals surface area contributed by atoms with Crippen molar-refractivity contribution in [1.82, 2.24) is 0 Å². The molecule has 0 aliphatic heterocycles. The lowest BCUT2D eigenvalue weighted by atomic mass is 9.95. The van der Waals surface area contributed by atoms with Gasteiger partial charge in [-0.15, -0.1) is 0 Å². The van der Waals surface area contributed by atoms with Gasteiger partial charge in [-0.1, -0.05) is 41.5 Å². The van der Waals surface area contributed by atoms with E-state index in [-0.39, 0.29) is 5.54 Å². The molecule has 0 aliphatic carbocycles. The fraction of sp³-hybridized carbons (Fsp3) is 0.571. The van der Waals surface area contributed by atoms with E-state index in [1.165, 1.54) is 36.0 Å². The zero-order chi connectivity index (χ0) is 17.0. The molecule has 1 nitrogen and oxygen atoms in total. The van der Waals surface area contributed by atoms with E-state index in [4.69, 9.17) is 0 Å². The molecule has 0 unspecified atom stereocenters. The van der Waals surface area contributed by atoms with Crippen molar-refractivity contribution in [2.24, 2.45) is 0 Å². The third-order valence-corrected chi connectivity index (χ3v) is 4.23. The lowest BCUT2D eigenvalue weighted by molar-refractivity contribution is -0.660. The van der Waals surface area contributed by atoms with E-state index in [0.717, 1.165) is 19.3 Å². The summed E-state index contributed by atoms with van der Waals surface area (Å²) in [4.78, 5) is 0. The van der Waals surface area contributed by atoms with Crippen LogP contribution < -0.4 is 5.32 Å². The average Bonchev–Trinajstić information content (AvgIpc) is 2.46. The maximum Gasteiger partial charge on any atom is 0.0880 e. The van der Waals surface area contributed by atoms with E-state index in [1.807, 2.05) is 11.4 Å². The molecule has 0 saturated heterocycles. The van der Waals surface area contributed by atoms with Crippen LogP contribution in [0.25, 0.3) is 0 Å². The number of hydrogen-bond donors (Lipinski definition) is 1. The van der Waals surface area contributed by atoms with Gasteiger partial charge in [0.25, 0.3) is 0 Å². The van der Waals surface area contributed by atoms with Crippen molar-refractivity contribution in [2.45, 2.75) is 78.7 Å². The monoisotopic (exact) mass is 303 g/mol. The molecule has 0 aromatic carbocycles. The summed E-state index contributed by atoms with van der Waals surface area (Å²) in [7, 11) is 3.90. The molecule has 0 aliphatic rings.